The van der Waals surface area contributed by atoms with Gasteiger partial charge >= 0.3 is 0 Å². The molecular weight excluding hydrogens is 344 g/mol. The van der Waals surface area contributed by atoms with Gasteiger partial charge in [-0.3, -0.25) is 9.36 Å². The Hall–Kier alpha value is -1.82. The Bertz CT molecular complexity index is 911. The van der Waals surface area contributed by atoms with Gasteiger partial charge in [0.05, 0.1) is 24.1 Å². The maximum Gasteiger partial charge on any atom is 0.262 e. The van der Waals surface area contributed by atoms with Gasteiger partial charge in [0.25, 0.3) is 5.56 Å². The quantitative estimate of drug-likeness (QED) is 0.492. The fourth-order valence-corrected chi connectivity index (χ4v) is 3.71. The van der Waals surface area contributed by atoms with Crippen molar-refractivity contribution in [2.75, 3.05) is 13.7 Å². The van der Waals surface area contributed by atoms with E-state index in [2.05, 4.69) is 4.98 Å². The van der Waals surface area contributed by atoms with Crippen molar-refractivity contribution in [3.8, 4) is 0 Å². The van der Waals surface area contributed by atoms with Crippen LogP contribution in [-0.4, -0.2) is 23.3 Å². The SMILES string of the molecule is COCCn1c(SCc2ccccc2Cl)nc2ccccc2c1=O. The predicted octanol–water partition coefficient (Wildman–Crippen LogP) is 3.99. The van der Waals surface area contributed by atoms with Gasteiger partial charge in [-0.15, -0.1) is 0 Å². The maximum absolute atomic E-state index is 12.8. The fourth-order valence-electron chi connectivity index (χ4n) is 2.40. The smallest absolute Gasteiger partial charge is 0.262 e. The highest BCUT2D eigenvalue weighted by Gasteiger charge is 2.12. The molecule has 0 radical (unpaired) electrons. The van der Waals surface area contributed by atoms with Crippen LogP contribution in [0.4, 0.5) is 0 Å². The van der Waals surface area contributed by atoms with Crippen LogP contribution < -0.4 is 5.56 Å². The van der Waals surface area contributed by atoms with Crippen molar-refractivity contribution in [1.82, 2.24) is 9.55 Å². The number of aromatic nitrogens is 2. The zero-order valence-electron chi connectivity index (χ0n) is 13.2. The maximum atomic E-state index is 12.8. The summed E-state index contributed by atoms with van der Waals surface area (Å²) in [6, 6.07) is 15.1. The summed E-state index contributed by atoms with van der Waals surface area (Å²) < 4.78 is 6.81. The van der Waals surface area contributed by atoms with Crippen molar-refractivity contribution in [3.05, 3.63) is 69.5 Å². The second-order valence-corrected chi connectivity index (χ2v) is 6.59. The third kappa shape index (κ3) is 3.64. The summed E-state index contributed by atoms with van der Waals surface area (Å²) in [5.74, 6) is 0.650. The van der Waals surface area contributed by atoms with Gasteiger partial charge in [0.15, 0.2) is 5.16 Å². The van der Waals surface area contributed by atoms with E-state index in [0.717, 1.165) is 10.6 Å². The van der Waals surface area contributed by atoms with Crippen LogP contribution in [0.5, 0.6) is 0 Å². The van der Waals surface area contributed by atoms with Gasteiger partial charge in [-0.1, -0.05) is 53.7 Å². The van der Waals surface area contributed by atoms with Crippen molar-refractivity contribution in [2.45, 2.75) is 17.5 Å². The van der Waals surface area contributed by atoms with E-state index in [0.29, 0.717) is 35.0 Å². The molecule has 0 aliphatic carbocycles. The van der Waals surface area contributed by atoms with E-state index in [1.54, 1.807) is 17.7 Å². The number of nitrogens with zero attached hydrogens (tertiary/aromatic N) is 2. The molecular formula is C18H17ClN2O2S. The lowest BCUT2D eigenvalue weighted by Crippen LogP contribution is -2.25. The molecule has 0 unspecified atom stereocenters. The first-order valence-electron chi connectivity index (χ1n) is 7.55. The first kappa shape index (κ1) is 17.0. The molecule has 1 heterocycles. The van der Waals surface area contributed by atoms with Crippen molar-refractivity contribution >= 4 is 34.3 Å². The highest BCUT2D eigenvalue weighted by atomic mass is 35.5. The molecule has 0 atom stereocenters. The summed E-state index contributed by atoms with van der Waals surface area (Å²) in [5, 5.41) is 2.02. The average molecular weight is 361 g/mol. The second-order valence-electron chi connectivity index (χ2n) is 5.24. The molecule has 6 heteroatoms. The van der Waals surface area contributed by atoms with E-state index in [1.807, 2.05) is 42.5 Å². The van der Waals surface area contributed by atoms with Crippen molar-refractivity contribution in [2.24, 2.45) is 0 Å². The predicted molar refractivity (Wildman–Crippen MR) is 98.9 cm³/mol. The van der Waals surface area contributed by atoms with Crippen LogP contribution in [0.25, 0.3) is 10.9 Å². The van der Waals surface area contributed by atoms with E-state index >= 15 is 0 Å². The van der Waals surface area contributed by atoms with Crippen LogP contribution in [-0.2, 0) is 17.0 Å². The minimum atomic E-state index is -0.0423. The topological polar surface area (TPSA) is 44.1 Å². The second kappa shape index (κ2) is 7.83. The van der Waals surface area contributed by atoms with Crippen molar-refractivity contribution < 1.29 is 4.74 Å². The van der Waals surface area contributed by atoms with Crippen LogP contribution in [0.2, 0.25) is 5.02 Å². The lowest BCUT2D eigenvalue weighted by Gasteiger charge is -2.13. The number of hydrogen-bond acceptors (Lipinski definition) is 4. The Morgan fingerprint density at radius 3 is 2.71 bits per heavy atom. The van der Waals surface area contributed by atoms with Crippen molar-refractivity contribution in [3.63, 3.8) is 0 Å². The van der Waals surface area contributed by atoms with Gasteiger partial charge < -0.3 is 4.74 Å². The molecule has 0 N–H and O–H groups in total. The summed E-state index contributed by atoms with van der Waals surface area (Å²) in [4.78, 5) is 17.4. The van der Waals surface area contributed by atoms with E-state index in [1.165, 1.54) is 11.8 Å². The lowest BCUT2D eigenvalue weighted by molar-refractivity contribution is 0.183. The Morgan fingerprint density at radius 1 is 1.17 bits per heavy atom. The summed E-state index contributed by atoms with van der Waals surface area (Å²) in [6.07, 6.45) is 0. The van der Waals surface area contributed by atoms with Gasteiger partial charge in [0.1, 0.15) is 0 Å². The number of thioether (sulfide) groups is 1. The minimum absolute atomic E-state index is 0.0423. The third-order valence-corrected chi connectivity index (χ3v) is 5.05. The molecule has 3 aromatic rings. The molecule has 0 bridgehead atoms. The first-order chi connectivity index (χ1) is 11.7. The Balaban J connectivity index is 1.98. The number of fused-ring (bicyclic) bond motifs is 1. The Labute approximate surface area is 149 Å². The zero-order chi connectivity index (χ0) is 16.9. The largest absolute Gasteiger partial charge is 0.383 e. The normalized spacial score (nSPS) is 11.1. The highest BCUT2D eigenvalue weighted by Crippen LogP contribution is 2.26. The van der Waals surface area contributed by atoms with Gasteiger partial charge in [-0.05, 0) is 23.8 Å². The number of halogens is 1. The van der Waals surface area contributed by atoms with Gasteiger partial charge in [-0.2, -0.15) is 0 Å². The molecule has 1 aromatic heterocycles. The standard InChI is InChI=1S/C18H17ClN2O2S/c1-23-11-10-21-17(22)14-7-3-5-9-16(14)20-18(21)24-12-13-6-2-4-8-15(13)19/h2-9H,10-12H2,1H3. The number of hydrogen-bond donors (Lipinski definition) is 0. The molecule has 0 spiro atoms. The molecule has 0 amide bonds. The molecule has 2 aromatic carbocycles. The zero-order valence-corrected chi connectivity index (χ0v) is 14.8. The lowest BCUT2D eigenvalue weighted by atomic mass is 10.2. The van der Waals surface area contributed by atoms with E-state index in [4.69, 9.17) is 16.3 Å². The third-order valence-electron chi connectivity index (χ3n) is 3.66. The Kier molecular flexibility index (Phi) is 5.56. The molecule has 24 heavy (non-hydrogen) atoms. The number of para-hydroxylation sites is 1. The number of rotatable bonds is 6. The molecule has 0 aliphatic rings. The molecule has 3 rings (SSSR count). The summed E-state index contributed by atoms with van der Waals surface area (Å²) in [6.45, 7) is 0.928. The molecule has 0 saturated carbocycles. The minimum Gasteiger partial charge on any atom is -0.383 e. The van der Waals surface area contributed by atoms with Crippen LogP contribution in [0.3, 0.4) is 0 Å². The number of methoxy groups -OCH3 is 1. The van der Waals surface area contributed by atoms with Crippen LogP contribution in [0.15, 0.2) is 58.5 Å². The van der Waals surface area contributed by atoms with Crippen molar-refractivity contribution in [1.29, 1.82) is 0 Å². The van der Waals surface area contributed by atoms with Crippen LogP contribution in [0.1, 0.15) is 5.56 Å². The van der Waals surface area contributed by atoms with Gasteiger partial charge in [0.2, 0.25) is 0 Å². The van der Waals surface area contributed by atoms with Crippen LogP contribution in [0, 0.1) is 0 Å². The summed E-state index contributed by atoms with van der Waals surface area (Å²) >= 11 is 7.72. The van der Waals surface area contributed by atoms with Gasteiger partial charge in [-0.25, -0.2) is 4.98 Å². The van der Waals surface area contributed by atoms with E-state index in [-0.39, 0.29) is 5.56 Å². The number of ether oxygens (including phenoxy) is 1. The summed E-state index contributed by atoms with van der Waals surface area (Å²) in [5.41, 5.74) is 1.68. The fraction of sp³-hybridized carbons (Fsp3) is 0.222. The highest BCUT2D eigenvalue weighted by molar-refractivity contribution is 7.98. The van der Waals surface area contributed by atoms with E-state index < -0.39 is 0 Å². The van der Waals surface area contributed by atoms with E-state index in [9.17, 15) is 4.79 Å². The van der Waals surface area contributed by atoms with Crippen LogP contribution >= 0.6 is 23.4 Å². The molecule has 0 aliphatic heterocycles. The molecule has 0 saturated heterocycles. The van der Waals surface area contributed by atoms with Gasteiger partial charge in [0, 0.05) is 17.9 Å². The molecule has 0 fully saturated rings. The number of benzene rings is 2. The average Bonchev–Trinajstić information content (AvgIpc) is 2.60. The Morgan fingerprint density at radius 2 is 1.92 bits per heavy atom. The molecule has 124 valence electrons. The molecule has 4 nitrogen and oxygen atoms in total. The first-order valence-corrected chi connectivity index (χ1v) is 8.92. The monoisotopic (exact) mass is 360 g/mol. The summed E-state index contributed by atoms with van der Waals surface area (Å²) in [7, 11) is 1.62.